The van der Waals surface area contributed by atoms with Gasteiger partial charge in [0.05, 0.1) is 5.56 Å². The molecule has 1 unspecified atom stereocenters. The summed E-state index contributed by atoms with van der Waals surface area (Å²) in [6, 6.07) is 9.65. The molecule has 0 aliphatic heterocycles. The minimum absolute atomic E-state index is 0.180. The highest BCUT2D eigenvalue weighted by Gasteiger charge is 2.30. The standard InChI is InChI=1S/C16H13F4NO2S/c17-13-5-2-6-14(8-13)21-15(22)10-24(23)9-11-3-1-4-12(7-11)16(18,19)20/h1-8H,9-10H2,(H,21,22). The number of alkyl halides is 3. The van der Waals surface area contributed by atoms with E-state index < -0.39 is 40.0 Å². The van der Waals surface area contributed by atoms with Crippen molar-refractivity contribution < 1.29 is 26.6 Å². The lowest BCUT2D eigenvalue weighted by Gasteiger charge is -2.09. The Labute approximate surface area is 138 Å². The first-order chi connectivity index (χ1) is 11.2. The smallest absolute Gasteiger partial charge is 0.325 e. The van der Waals surface area contributed by atoms with E-state index in [0.29, 0.717) is 0 Å². The molecule has 1 N–H and O–H groups in total. The van der Waals surface area contributed by atoms with E-state index in [0.717, 1.165) is 18.2 Å². The maximum Gasteiger partial charge on any atom is 0.416 e. The minimum Gasteiger partial charge on any atom is -0.325 e. The molecule has 0 bridgehead atoms. The molecule has 1 amide bonds. The van der Waals surface area contributed by atoms with Crippen molar-refractivity contribution in [3.63, 3.8) is 0 Å². The Bertz CT molecular complexity index is 762. The molecule has 0 fully saturated rings. The summed E-state index contributed by atoms with van der Waals surface area (Å²) < 4.78 is 62.8. The first-order valence-electron chi connectivity index (χ1n) is 6.80. The highest BCUT2D eigenvalue weighted by atomic mass is 32.2. The van der Waals surface area contributed by atoms with Gasteiger partial charge in [-0.3, -0.25) is 9.00 Å². The van der Waals surface area contributed by atoms with Gasteiger partial charge in [0.1, 0.15) is 11.6 Å². The molecule has 3 nitrogen and oxygen atoms in total. The normalized spacial score (nSPS) is 12.7. The number of carbonyl (C=O) groups is 1. The number of rotatable bonds is 5. The Kier molecular flexibility index (Phi) is 5.71. The van der Waals surface area contributed by atoms with E-state index >= 15 is 0 Å². The first kappa shape index (κ1) is 18.1. The average molecular weight is 359 g/mol. The summed E-state index contributed by atoms with van der Waals surface area (Å²) >= 11 is 0. The molecule has 2 rings (SSSR count). The molecule has 0 aliphatic carbocycles. The molecule has 0 spiro atoms. The summed E-state index contributed by atoms with van der Waals surface area (Å²) in [4.78, 5) is 11.7. The summed E-state index contributed by atoms with van der Waals surface area (Å²) in [5, 5.41) is 2.38. The molecular weight excluding hydrogens is 346 g/mol. The Morgan fingerprint density at radius 1 is 1.08 bits per heavy atom. The van der Waals surface area contributed by atoms with Gasteiger partial charge in [0.15, 0.2) is 0 Å². The van der Waals surface area contributed by atoms with E-state index in [2.05, 4.69) is 5.32 Å². The maximum absolute atomic E-state index is 13.0. The molecule has 8 heteroatoms. The first-order valence-corrected chi connectivity index (χ1v) is 8.29. The molecule has 0 heterocycles. The van der Waals surface area contributed by atoms with Gasteiger partial charge < -0.3 is 5.32 Å². The van der Waals surface area contributed by atoms with E-state index in [1.807, 2.05) is 0 Å². The number of amides is 1. The van der Waals surface area contributed by atoms with Crippen LogP contribution in [0.2, 0.25) is 0 Å². The fourth-order valence-corrected chi connectivity index (χ4v) is 3.00. The van der Waals surface area contributed by atoms with Crippen LogP contribution in [-0.2, 0) is 27.5 Å². The van der Waals surface area contributed by atoms with Gasteiger partial charge in [-0.05, 0) is 29.8 Å². The summed E-state index contributed by atoms with van der Waals surface area (Å²) in [6.07, 6.45) is -4.48. The Morgan fingerprint density at radius 3 is 2.46 bits per heavy atom. The lowest BCUT2D eigenvalue weighted by Crippen LogP contribution is -2.20. The monoisotopic (exact) mass is 359 g/mol. The molecule has 0 aliphatic rings. The van der Waals surface area contributed by atoms with E-state index in [-0.39, 0.29) is 17.0 Å². The molecular formula is C16H13F4NO2S. The number of anilines is 1. The van der Waals surface area contributed by atoms with Crippen LogP contribution in [-0.4, -0.2) is 15.9 Å². The Hall–Kier alpha value is -2.22. The van der Waals surface area contributed by atoms with Crippen LogP contribution in [0.3, 0.4) is 0 Å². The van der Waals surface area contributed by atoms with Gasteiger partial charge in [-0.15, -0.1) is 0 Å². The number of benzene rings is 2. The van der Waals surface area contributed by atoms with Crippen molar-refractivity contribution in [1.29, 1.82) is 0 Å². The third-order valence-electron chi connectivity index (χ3n) is 2.98. The van der Waals surface area contributed by atoms with E-state index in [1.54, 1.807) is 0 Å². The van der Waals surface area contributed by atoms with E-state index in [1.165, 1.54) is 30.3 Å². The molecule has 0 radical (unpaired) electrons. The highest BCUT2D eigenvalue weighted by Crippen LogP contribution is 2.29. The van der Waals surface area contributed by atoms with Gasteiger partial charge in [0.2, 0.25) is 5.91 Å². The van der Waals surface area contributed by atoms with Crippen molar-refractivity contribution >= 4 is 22.4 Å². The van der Waals surface area contributed by atoms with Gasteiger partial charge in [0.25, 0.3) is 0 Å². The second kappa shape index (κ2) is 7.57. The van der Waals surface area contributed by atoms with Crippen molar-refractivity contribution in [2.24, 2.45) is 0 Å². The van der Waals surface area contributed by atoms with Crippen molar-refractivity contribution in [3.8, 4) is 0 Å². The molecule has 0 aromatic heterocycles. The third-order valence-corrected chi connectivity index (χ3v) is 4.22. The van der Waals surface area contributed by atoms with Crippen molar-refractivity contribution in [2.75, 3.05) is 11.1 Å². The third kappa shape index (κ3) is 5.45. The van der Waals surface area contributed by atoms with Gasteiger partial charge >= 0.3 is 6.18 Å². The number of halogens is 4. The molecule has 2 aromatic rings. The predicted octanol–water partition coefficient (Wildman–Crippen LogP) is 3.73. The summed E-state index contributed by atoms with van der Waals surface area (Å²) in [7, 11) is -1.69. The maximum atomic E-state index is 13.0. The fraction of sp³-hybridized carbons (Fsp3) is 0.188. The summed E-state index contributed by atoms with van der Waals surface area (Å²) in [5.74, 6) is -1.71. The van der Waals surface area contributed by atoms with E-state index in [4.69, 9.17) is 0 Å². The number of hydrogen-bond donors (Lipinski definition) is 1. The van der Waals surface area contributed by atoms with Gasteiger partial charge in [0, 0.05) is 22.2 Å². The quantitative estimate of drug-likeness (QED) is 0.827. The molecule has 0 saturated heterocycles. The van der Waals surface area contributed by atoms with Crippen LogP contribution >= 0.6 is 0 Å². The van der Waals surface area contributed by atoms with Crippen LogP contribution in [0.5, 0.6) is 0 Å². The van der Waals surface area contributed by atoms with Crippen molar-refractivity contribution in [1.82, 2.24) is 0 Å². The molecule has 128 valence electrons. The molecule has 1 atom stereocenters. The predicted molar refractivity (Wildman–Crippen MR) is 83.2 cm³/mol. The molecule has 24 heavy (non-hydrogen) atoms. The van der Waals surface area contributed by atoms with Gasteiger partial charge in [-0.25, -0.2) is 4.39 Å². The van der Waals surface area contributed by atoms with E-state index in [9.17, 15) is 26.6 Å². The minimum atomic E-state index is -4.48. The zero-order valence-electron chi connectivity index (χ0n) is 12.3. The number of hydrogen-bond acceptors (Lipinski definition) is 2. The topological polar surface area (TPSA) is 46.2 Å². The van der Waals surface area contributed by atoms with Crippen LogP contribution in [0.4, 0.5) is 23.2 Å². The lowest BCUT2D eigenvalue weighted by molar-refractivity contribution is -0.137. The number of nitrogens with one attached hydrogen (secondary N) is 1. The van der Waals surface area contributed by atoms with Crippen LogP contribution in [0.1, 0.15) is 11.1 Å². The van der Waals surface area contributed by atoms with Crippen LogP contribution in [0, 0.1) is 5.82 Å². The Balaban J connectivity index is 1.94. The Morgan fingerprint density at radius 2 is 1.79 bits per heavy atom. The highest BCUT2D eigenvalue weighted by molar-refractivity contribution is 7.84. The average Bonchev–Trinajstić information content (AvgIpc) is 2.46. The zero-order chi connectivity index (χ0) is 17.7. The second-order valence-electron chi connectivity index (χ2n) is 4.99. The molecule has 2 aromatic carbocycles. The van der Waals surface area contributed by atoms with Crippen LogP contribution < -0.4 is 5.32 Å². The van der Waals surface area contributed by atoms with Gasteiger partial charge in [-0.1, -0.05) is 24.3 Å². The van der Waals surface area contributed by atoms with Gasteiger partial charge in [-0.2, -0.15) is 13.2 Å². The zero-order valence-corrected chi connectivity index (χ0v) is 13.1. The van der Waals surface area contributed by atoms with Crippen LogP contribution in [0.15, 0.2) is 48.5 Å². The summed E-state index contributed by atoms with van der Waals surface area (Å²) in [6.45, 7) is 0. The summed E-state index contributed by atoms with van der Waals surface area (Å²) in [5.41, 5.74) is -0.390. The SMILES string of the molecule is O=C(CS(=O)Cc1cccc(C(F)(F)F)c1)Nc1cccc(F)c1. The fourth-order valence-electron chi connectivity index (χ4n) is 1.98. The largest absolute Gasteiger partial charge is 0.416 e. The van der Waals surface area contributed by atoms with Crippen LogP contribution in [0.25, 0.3) is 0 Å². The second-order valence-corrected chi connectivity index (χ2v) is 6.44. The lowest BCUT2D eigenvalue weighted by atomic mass is 10.1. The number of carbonyl (C=O) groups excluding carboxylic acids is 1. The van der Waals surface area contributed by atoms with Crippen molar-refractivity contribution in [3.05, 3.63) is 65.5 Å². The molecule has 0 saturated carbocycles. The van der Waals surface area contributed by atoms with Crippen molar-refractivity contribution in [2.45, 2.75) is 11.9 Å².